The second-order valence-corrected chi connectivity index (χ2v) is 4.52. The Hall–Kier alpha value is -0.160. The molecule has 0 bridgehead atoms. The minimum Gasteiger partial charge on any atom is -0.379 e. The lowest BCUT2D eigenvalue weighted by molar-refractivity contribution is 0.0319. The van der Waals surface area contributed by atoms with Crippen LogP contribution in [0.4, 0.5) is 0 Å². The molecule has 88 valence electrons. The van der Waals surface area contributed by atoms with Gasteiger partial charge in [0.25, 0.3) is 0 Å². The first-order valence-electron chi connectivity index (χ1n) is 6.14. The van der Waals surface area contributed by atoms with E-state index in [4.69, 9.17) is 10.5 Å². The van der Waals surface area contributed by atoms with Crippen LogP contribution in [0, 0.1) is 0 Å². The lowest BCUT2D eigenvalue weighted by Crippen LogP contribution is -2.52. The van der Waals surface area contributed by atoms with E-state index in [1.807, 2.05) is 0 Å². The van der Waals surface area contributed by atoms with Crippen LogP contribution >= 0.6 is 0 Å². The lowest BCUT2D eigenvalue weighted by Gasteiger charge is -2.40. The van der Waals surface area contributed by atoms with Crippen molar-refractivity contribution < 1.29 is 4.74 Å². The zero-order chi connectivity index (χ0) is 10.5. The number of hydrogen-bond donors (Lipinski definition) is 1. The molecule has 2 fully saturated rings. The Morgan fingerprint density at radius 3 is 2.53 bits per heavy atom. The maximum absolute atomic E-state index is 5.67. The summed E-state index contributed by atoms with van der Waals surface area (Å²) in [4.78, 5) is 5.02. The van der Waals surface area contributed by atoms with Gasteiger partial charge in [0.1, 0.15) is 0 Å². The minimum atomic E-state index is 0.676. The van der Waals surface area contributed by atoms with E-state index in [0.717, 1.165) is 32.8 Å². The first kappa shape index (κ1) is 11.3. The zero-order valence-corrected chi connectivity index (χ0v) is 9.53. The van der Waals surface area contributed by atoms with Gasteiger partial charge in [-0.25, -0.2) is 0 Å². The van der Waals surface area contributed by atoms with Gasteiger partial charge >= 0.3 is 0 Å². The molecular weight excluding hydrogens is 190 g/mol. The van der Waals surface area contributed by atoms with Gasteiger partial charge in [-0.2, -0.15) is 0 Å². The molecular formula is C11H23N3O. The van der Waals surface area contributed by atoms with Gasteiger partial charge in [-0.3, -0.25) is 9.80 Å². The van der Waals surface area contributed by atoms with Gasteiger partial charge < -0.3 is 10.5 Å². The predicted octanol–water partition coefficient (Wildman–Crippen LogP) is -0.258. The Balaban J connectivity index is 1.54. The van der Waals surface area contributed by atoms with Crippen molar-refractivity contribution in [1.29, 1.82) is 0 Å². The molecule has 2 heterocycles. The molecule has 0 aromatic rings. The molecule has 1 atom stereocenters. The Morgan fingerprint density at radius 2 is 1.93 bits per heavy atom. The second-order valence-electron chi connectivity index (χ2n) is 4.52. The number of ether oxygens (including phenoxy) is 1. The fourth-order valence-electron chi connectivity index (χ4n) is 2.38. The molecule has 15 heavy (non-hydrogen) atoms. The molecule has 0 saturated carbocycles. The van der Waals surface area contributed by atoms with E-state index in [1.165, 1.54) is 32.5 Å². The largest absolute Gasteiger partial charge is 0.379 e. The van der Waals surface area contributed by atoms with Crippen LogP contribution in [0.2, 0.25) is 0 Å². The summed E-state index contributed by atoms with van der Waals surface area (Å²) in [6.45, 7) is 8.57. The summed E-state index contributed by atoms with van der Waals surface area (Å²) in [5.41, 5.74) is 5.67. The van der Waals surface area contributed by atoms with Crippen LogP contribution in [-0.2, 0) is 4.74 Å². The SMILES string of the molecule is NCC1CCN1CCCN1CCOCC1. The van der Waals surface area contributed by atoms with Crippen molar-refractivity contribution in [1.82, 2.24) is 9.80 Å². The molecule has 0 aromatic heterocycles. The van der Waals surface area contributed by atoms with E-state index in [-0.39, 0.29) is 0 Å². The number of nitrogens with two attached hydrogens (primary N) is 1. The van der Waals surface area contributed by atoms with Gasteiger partial charge in [-0.1, -0.05) is 0 Å². The number of morpholine rings is 1. The first-order chi connectivity index (χ1) is 7.40. The summed E-state index contributed by atoms with van der Waals surface area (Å²) in [6.07, 6.45) is 2.57. The van der Waals surface area contributed by atoms with Crippen LogP contribution in [-0.4, -0.2) is 68.3 Å². The van der Waals surface area contributed by atoms with E-state index in [0.29, 0.717) is 6.04 Å². The second kappa shape index (κ2) is 5.80. The summed E-state index contributed by atoms with van der Waals surface area (Å²) in [5.74, 6) is 0. The standard InChI is InChI=1S/C11H23N3O/c12-10-11-2-5-14(11)4-1-3-13-6-8-15-9-7-13/h11H,1-10,12H2. The van der Waals surface area contributed by atoms with Crippen LogP contribution in [0.3, 0.4) is 0 Å². The van der Waals surface area contributed by atoms with E-state index in [1.54, 1.807) is 0 Å². The van der Waals surface area contributed by atoms with Crippen molar-refractivity contribution in [2.45, 2.75) is 18.9 Å². The fourth-order valence-corrected chi connectivity index (χ4v) is 2.38. The van der Waals surface area contributed by atoms with Gasteiger partial charge in [-0.05, 0) is 25.9 Å². The van der Waals surface area contributed by atoms with Crippen molar-refractivity contribution >= 4 is 0 Å². The normalized spacial score (nSPS) is 29.0. The molecule has 0 spiro atoms. The van der Waals surface area contributed by atoms with Crippen LogP contribution in [0.1, 0.15) is 12.8 Å². The summed E-state index contributed by atoms with van der Waals surface area (Å²) in [7, 11) is 0. The van der Waals surface area contributed by atoms with Crippen LogP contribution in [0.25, 0.3) is 0 Å². The maximum Gasteiger partial charge on any atom is 0.0594 e. The molecule has 0 amide bonds. The van der Waals surface area contributed by atoms with Crippen LogP contribution < -0.4 is 5.73 Å². The molecule has 2 rings (SSSR count). The quantitative estimate of drug-likeness (QED) is 0.683. The van der Waals surface area contributed by atoms with Gasteiger partial charge in [-0.15, -0.1) is 0 Å². The van der Waals surface area contributed by atoms with E-state index >= 15 is 0 Å². The topological polar surface area (TPSA) is 41.7 Å². The van der Waals surface area contributed by atoms with Crippen molar-refractivity contribution in [2.24, 2.45) is 5.73 Å². The molecule has 2 N–H and O–H groups in total. The Kier molecular flexibility index (Phi) is 4.38. The molecule has 0 aromatic carbocycles. The highest BCUT2D eigenvalue weighted by molar-refractivity contribution is 4.83. The first-order valence-corrected chi connectivity index (χ1v) is 6.14. The maximum atomic E-state index is 5.67. The molecule has 4 nitrogen and oxygen atoms in total. The van der Waals surface area contributed by atoms with Crippen LogP contribution in [0.5, 0.6) is 0 Å². The highest BCUT2D eigenvalue weighted by Gasteiger charge is 2.25. The van der Waals surface area contributed by atoms with E-state index in [9.17, 15) is 0 Å². The van der Waals surface area contributed by atoms with E-state index in [2.05, 4.69) is 9.80 Å². The number of likely N-dealkylation sites (tertiary alicyclic amines) is 1. The Labute approximate surface area is 92.4 Å². The highest BCUT2D eigenvalue weighted by Crippen LogP contribution is 2.15. The number of hydrogen-bond acceptors (Lipinski definition) is 4. The average molecular weight is 213 g/mol. The third-order valence-corrected chi connectivity index (χ3v) is 3.56. The molecule has 4 heteroatoms. The fraction of sp³-hybridized carbons (Fsp3) is 1.00. The smallest absolute Gasteiger partial charge is 0.0594 e. The molecule has 2 aliphatic heterocycles. The van der Waals surface area contributed by atoms with Gasteiger partial charge in [0.2, 0.25) is 0 Å². The highest BCUT2D eigenvalue weighted by atomic mass is 16.5. The van der Waals surface area contributed by atoms with Crippen molar-refractivity contribution in [3.8, 4) is 0 Å². The summed E-state index contributed by atoms with van der Waals surface area (Å²) < 4.78 is 5.33. The molecule has 1 unspecified atom stereocenters. The summed E-state index contributed by atoms with van der Waals surface area (Å²) >= 11 is 0. The minimum absolute atomic E-state index is 0.676. The molecule has 0 aliphatic carbocycles. The number of nitrogens with zero attached hydrogens (tertiary/aromatic N) is 2. The van der Waals surface area contributed by atoms with Crippen LogP contribution in [0.15, 0.2) is 0 Å². The molecule has 2 aliphatic rings. The lowest BCUT2D eigenvalue weighted by atomic mass is 10.0. The molecule has 2 saturated heterocycles. The zero-order valence-electron chi connectivity index (χ0n) is 9.53. The average Bonchev–Trinajstić information content (AvgIpc) is 2.25. The third-order valence-electron chi connectivity index (χ3n) is 3.56. The molecule has 0 radical (unpaired) electrons. The monoisotopic (exact) mass is 213 g/mol. The van der Waals surface area contributed by atoms with Crippen molar-refractivity contribution in [3.63, 3.8) is 0 Å². The number of rotatable bonds is 5. The summed E-state index contributed by atoms with van der Waals surface area (Å²) in [5, 5.41) is 0. The van der Waals surface area contributed by atoms with E-state index < -0.39 is 0 Å². The van der Waals surface area contributed by atoms with Gasteiger partial charge in [0, 0.05) is 32.2 Å². The Morgan fingerprint density at radius 1 is 1.13 bits per heavy atom. The third kappa shape index (κ3) is 3.14. The predicted molar refractivity (Wildman–Crippen MR) is 60.9 cm³/mol. The van der Waals surface area contributed by atoms with Crippen molar-refractivity contribution in [3.05, 3.63) is 0 Å². The Bertz CT molecular complexity index is 179. The summed E-state index contributed by atoms with van der Waals surface area (Å²) in [6, 6.07) is 0.676. The van der Waals surface area contributed by atoms with Crippen molar-refractivity contribution in [2.75, 3.05) is 52.5 Å². The van der Waals surface area contributed by atoms with Gasteiger partial charge in [0.15, 0.2) is 0 Å². The van der Waals surface area contributed by atoms with Gasteiger partial charge in [0.05, 0.1) is 13.2 Å².